The number of nitrogens with zero attached hydrogens (tertiary/aromatic N) is 1. The Bertz CT molecular complexity index is 841. The van der Waals surface area contributed by atoms with E-state index in [0.717, 1.165) is 21.1 Å². The predicted octanol–water partition coefficient (Wildman–Crippen LogP) is 4.11. The summed E-state index contributed by atoms with van der Waals surface area (Å²) in [6.07, 6.45) is 1.94. The molecule has 120 valence electrons. The van der Waals surface area contributed by atoms with Gasteiger partial charge in [-0.25, -0.2) is 8.42 Å². The lowest BCUT2D eigenvalue weighted by molar-refractivity contribution is 0.415. The van der Waals surface area contributed by atoms with Crippen LogP contribution in [-0.2, 0) is 9.84 Å². The van der Waals surface area contributed by atoms with Gasteiger partial charge in [0.1, 0.15) is 16.7 Å². The van der Waals surface area contributed by atoms with Crippen LogP contribution in [0.3, 0.4) is 0 Å². The summed E-state index contributed by atoms with van der Waals surface area (Å²) in [6, 6.07) is 13.2. The number of rotatable bonds is 6. The largest absolute Gasteiger partial charge is 0.497 e. The molecule has 0 amide bonds. The molecule has 23 heavy (non-hydrogen) atoms. The van der Waals surface area contributed by atoms with E-state index in [0.29, 0.717) is 6.42 Å². The first-order valence-corrected chi connectivity index (χ1v) is 9.56. The van der Waals surface area contributed by atoms with Gasteiger partial charge in [-0.1, -0.05) is 6.92 Å². The Kier molecular flexibility index (Phi) is 5.59. The van der Waals surface area contributed by atoms with Gasteiger partial charge in [-0.05, 0) is 54.5 Å². The van der Waals surface area contributed by atoms with E-state index in [-0.39, 0.29) is 10.7 Å². The number of ether oxygens (including phenoxy) is 1. The Morgan fingerprint density at radius 2 is 1.96 bits per heavy atom. The minimum absolute atomic E-state index is 0.0108. The number of benzene rings is 1. The molecule has 4 nitrogen and oxygen atoms in total. The Hall–Kier alpha value is -2.10. The topological polar surface area (TPSA) is 67.2 Å². The second-order valence-electron chi connectivity index (χ2n) is 4.87. The van der Waals surface area contributed by atoms with E-state index < -0.39 is 9.84 Å². The minimum Gasteiger partial charge on any atom is -0.497 e. The molecule has 2 aromatic rings. The van der Waals surface area contributed by atoms with Gasteiger partial charge in [-0.3, -0.25) is 0 Å². The monoisotopic (exact) mass is 347 g/mol. The molecule has 0 unspecified atom stereocenters. The van der Waals surface area contributed by atoms with E-state index in [4.69, 9.17) is 10.00 Å². The first kappa shape index (κ1) is 17.3. The smallest absolute Gasteiger partial charge is 0.188 e. The van der Waals surface area contributed by atoms with Crippen LogP contribution in [0.15, 0.2) is 41.3 Å². The van der Waals surface area contributed by atoms with Crippen molar-refractivity contribution in [2.24, 2.45) is 0 Å². The minimum atomic E-state index is -3.49. The third-order valence-electron chi connectivity index (χ3n) is 3.19. The summed E-state index contributed by atoms with van der Waals surface area (Å²) in [5.74, 6) is 0.770. The van der Waals surface area contributed by atoms with E-state index >= 15 is 0 Å². The zero-order chi connectivity index (χ0) is 16.9. The molecule has 1 aromatic carbocycles. The van der Waals surface area contributed by atoms with Gasteiger partial charge < -0.3 is 4.74 Å². The second kappa shape index (κ2) is 7.44. The van der Waals surface area contributed by atoms with Gasteiger partial charge in [0.25, 0.3) is 0 Å². The second-order valence-corrected chi connectivity index (χ2v) is 8.06. The highest BCUT2D eigenvalue weighted by atomic mass is 32.2. The molecule has 0 saturated heterocycles. The molecule has 0 atom stereocenters. The number of allylic oxidation sites excluding steroid dienone is 1. The fourth-order valence-electron chi connectivity index (χ4n) is 2.04. The van der Waals surface area contributed by atoms with Crippen molar-refractivity contribution in [2.75, 3.05) is 12.9 Å². The van der Waals surface area contributed by atoms with Crippen LogP contribution in [0.1, 0.15) is 18.2 Å². The van der Waals surface area contributed by atoms with Crippen LogP contribution < -0.4 is 4.74 Å². The number of methoxy groups -OCH3 is 1. The number of hydrogen-bond donors (Lipinski definition) is 0. The average Bonchev–Trinajstić information content (AvgIpc) is 3.01. The lowest BCUT2D eigenvalue weighted by Crippen LogP contribution is -2.06. The average molecular weight is 347 g/mol. The quantitative estimate of drug-likeness (QED) is 0.737. The summed E-state index contributed by atoms with van der Waals surface area (Å²) < 4.78 is 29.2. The van der Waals surface area contributed by atoms with Crippen molar-refractivity contribution in [3.8, 4) is 22.3 Å². The highest BCUT2D eigenvalue weighted by Crippen LogP contribution is 2.31. The van der Waals surface area contributed by atoms with Crippen molar-refractivity contribution in [3.63, 3.8) is 0 Å². The predicted molar refractivity (Wildman–Crippen MR) is 94.0 cm³/mol. The van der Waals surface area contributed by atoms with Crippen molar-refractivity contribution in [1.82, 2.24) is 0 Å². The fourth-order valence-corrected chi connectivity index (χ4v) is 4.27. The van der Waals surface area contributed by atoms with Gasteiger partial charge in [0, 0.05) is 9.75 Å². The summed E-state index contributed by atoms with van der Waals surface area (Å²) >= 11 is 1.44. The first-order valence-electron chi connectivity index (χ1n) is 7.09. The van der Waals surface area contributed by atoms with E-state index in [1.807, 2.05) is 36.4 Å². The number of nitriles is 1. The van der Waals surface area contributed by atoms with Crippen LogP contribution >= 0.6 is 11.3 Å². The van der Waals surface area contributed by atoms with Gasteiger partial charge in [0.05, 0.1) is 12.9 Å². The van der Waals surface area contributed by atoms with Crippen LogP contribution in [0.4, 0.5) is 0 Å². The maximum atomic E-state index is 12.0. The fraction of sp³-hybridized carbons (Fsp3) is 0.235. The molecule has 0 aliphatic rings. The molecule has 0 spiro atoms. The van der Waals surface area contributed by atoms with Crippen LogP contribution in [0.2, 0.25) is 0 Å². The summed E-state index contributed by atoms with van der Waals surface area (Å²) in [4.78, 5) is 1.57. The molecular formula is C17H17NO3S2. The van der Waals surface area contributed by atoms with Crippen molar-refractivity contribution in [2.45, 2.75) is 13.3 Å². The highest BCUT2D eigenvalue weighted by molar-refractivity contribution is 7.95. The summed E-state index contributed by atoms with van der Waals surface area (Å²) in [5, 5.41) is 9.12. The molecule has 0 bridgehead atoms. The summed E-state index contributed by atoms with van der Waals surface area (Å²) in [6.45, 7) is 1.78. The van der Waals surface area contributed by atoms with Crippen molar-refractivity contribution >= 4 is 27.3 Å². The molecule has 0 aliphatic carbocycles. The van der Waals surface area contributed by atoms with Crippen molar-refractivity contribution in [3.05, 3.63) is 46.2 Å². The highest BCUT2D eigenvalue weighted by Gasteiger charge is 2.16. The van der Waals surface area contributed by atoms with Crippen molar-refractivity contribution < 1.29 is 13.2 Å². The Labute approximate surface area is 140 Å². The van der Waals surface area contributed by atoms with Crippen LogP contribution in [0, 0.1) is 11.3 Å². The third-order valence-corrected chi connectivity index (χ3v) is 6.10. The Morgan fingerprint density at radius 3 is 2.52 bits per heavy atom. The third kappa shape index (κ3) is 4.21. The molecular weight excluding hydrogens is 330 g/mol. The van der Waals surface area contributed by atoms with Gasteiger partial charge in [-0.2, -0.15) is 5.26 Å². The standard InChI is InChI=1S/C17H17NO3S2/c1-3-10-23(19,20)16(12-18)11-15-8-9-17(22-15)13-4-6-14(21-2)7-5-13/h4-9,11H,3,10H2,1-2H3/b16-11-. The van der Waals surface area contributed by atoms with E-state index in [2.05, 4.69) is 0 Å². The zero-order valence-corrected chi connectivity index (χ0v) is 14.6. The molecule has 0 saturated carbocycles. The van der Waals surface area contributed by atoms with Crippen LogP contribution in [0.25, 0.3) is 16.5 Å². The summed E-state index contributed by atoms with van der Waals surface area (Å²) in [7, 11) is -1.88. The molecule has 1 aromatic heterocycles. The first-order chi connectivity index (χ1) is 11.0. The van der Waals surface area contributed by atoms with Crippen LogP contribution in [-0.4, -0.2) is 21.3 Å². The van der Waals surface area contributed by atoms with Gasteiger partial charge in [0.2, 0.25) is 0 Å². The molecule has 6 heteroatoms. The number of hydrogen-bond acceptors (Lipinski definition) is 5. The van der Waals surface area contributed by atoms with E-state index in [1.54, 1.807) is 20.1 Å². The Balaban J connectivity index is 2.31. The van der Waals surface area contributed by atoms with Gasteiger partial charge >= 0.3 is 0 Å². The molecule has 2 rings (SSSR count). The molecule has 0 N–H and O–H groups in total. The maximum absolute atomic E-state index is 12.0. The normalized spacial score (nSPS) is 12.0. The van der Waals surface area contributed by atoms with Crippen molar-refractivity contribution in [1.29, 1.82) is 5.26 Å². The molecule has 1 heterocycles. The molecule has 0 fully saturated rings. The lowest BCUT2D eigenvalue weighted by atomic mass is 10.2. The summed E-state index contributed by atoms with van der Waals surface area (Å²) in [5.41, 5.74) is 1.02. The lowest BCUT2D eigenvalue weighted by Gasteiger charge is -2.01. The molecule has 0 radical (unpaired) electrons. The van der Waals surface area contributed by atoms with Gasteiger partial charge in [0.15, 0.2) is 9.84 Å². The van der Waals surface area contributed by atoms with E-state index in [9.17, 15) is 8.42 Å². The van der Waals surface area contributed by atoms with E-state index in [1.165, 1.54) is 17.4 Å². The maximum Gasteiger partial charge on any atom is 0.188 e. The SMILES string of the molecule is CCCS(=O)(=O)/C(C#N)=C\c1ccc(-c2ccc(OC)cc2)s1. The molecule has 0 aliphatic heterocycles. The Morgan fingerprint density at radius 1 is 1.26 bits per heavy atom. The number of thiophene rings is 1. The number of sulfone groups is 1. The van der Waals surface area contributed by atoms with Crippen LogP contribution in [0.5, 0.6) is 5.75 Å². The van der Waals surface area contributed by atoms with Gasteiger partial charge in [-0.15, -0.1) is 11.3 Å². The zero-order valence-electron chi connectivity index (χ0n) is 12.9.